The molecule has 1 atom stereocenters. The molecular weight excluding hydrogens is 392 g/mol. The zero-order chi connectivity index (χ0) is 21.6. The van der Waals surface area contributed by atoms with Crippen LogP contribution in [0.15, 0.2) is 78.0 Å². The molecule has 1 heterocycles. The highest BCUT2D eigenvalue weighted by Crippen LogP contribution is 2.29. The number of benzene rings is 3. The number of aromatic amines is 1. The van der Waals surface area contributed by atoms with E-state index in [1.165, 1.54) is 0 Å². The minimum Gasteiger partial charge on any atom is -0.396 e. The number of hydrogen-bond donors (Lipinski definition) is 3. The van der Waals surface area contributed by atoms with E-state index in [1.807, 2.05) is 49.4 Å². The molecule has 31 heavy (non-hydrogen) atoms. The first-order valence-corrected chi connectivity index (χ1v) is 9.93. The highest BCUT2D eigenvalue weighted by molar-refractivity contribution is 5.98. The Morgan fingerprint density at radius 2 is 2.00 bits per heavy atom. The summed E-state index contributed by atoms with van der Waals surface area (Å²) < 4.78 is 0. The van der Waals surface area contributed by atoms with E-state index in [4.69, 9.17) is 4.84 Å². The van der Waals surface area contributed by atoms with Gasteiger partial charge in [-0.05, 0) is 42.3 Å². The lowest BCUT2D eigenvalue weighted by molar-refractivity contribution is -0.124. The van der Waals surface area contributed by atoms with Crippen LogP contribution in [-0.2, 0) is 9.63 Å². The Hall–Kier alpha value is -3.97. The first-order valence-electron chi connectivity index (χ1n) is 9.93. The topological polar surface area (TPSA) is 99.6 Å². The molecule has 0 aliphatic rings. The largest absolute Gasteiger partial charge is 0.396 e. The Labute approximate surface area is 179 Å². The highest BCUT2D eigenvalue weighted by atomic mass is 16.6. The number of carbonyl (C=O) groups is 1. The summed E-state index contributed by atoms with van der Waals surface area (Å²) in [4.78, 5) is 17.5. The van der Waals surface area contributed by atoms with Gasteiger partial charge in [0.1, 0.15) is 6.61 Å². The summed E-state index contributed by atoms with van der Waals surface area (Å²) in [6.07, 6.45) is 0.407. The molecule has 7 heteroatoms. The van der Waals surface area contributed by atoms with E-state index < -0.39 is 12.0 Å². The molecule has 1 amide bonds. The first-order chi connectivity index (χ1) is 15.2. The van der Waals surface area contributed by atoms with Gasteiger partial charge in [-0.25, -0.2) is 0 Å². The van der Waals surface area contributed by atoms with Crippen LogP contribution in [0.4, 0.5) is 5.69 Å². The number of aromatic nitrogens is 2. The van der Waals surface area contributed by atoms with Gasteiger partial charge in [0.15, 0.2) is 6.10 Å². The fraction of sp³-hybridized carbons (Fsp3) is 0.125. The molecule has 0 saturated heterocycles. The third-order valence-electron chi connectivity index (χ3n) is 4.76. The maximum Gasteiger partial charge on any atom is 0.257 e. The minimum atomic E-state index is -1.25. The smallest absolute Gasteiger partial charge is 0.257 e. The molecule has 0 bridgehead atoms. The minimum absolute atomic E-state index is 0.496. The van der Waals surface area contributed by atoms with Gasteiger partial charge in [0.05, 0.1) is 17.4 Å². The number of hydrogen-bond acceptors (Lipinski definition) is 5. The average Bonchev–Trinajstić information content (AvgIpc) is 3.23. The van der Waals surface area contributed by atoms with Gasteiger partial charge in [0.25, 0.3) is 5.91 Å². The first kappa shape index (κ1) is 20.3. The molecule has 1 unspecified atom stereocenters. The van der Waals surface area contributed by atoms with Crippen molar-refractivity contribution in [2.24, 2.45) is 5.16 Å². The number of nitrogens with one attached hydrogen (secondary N) is 2. The van der Waals surface area contributed by atoms with Crippen LogP contribution in [-0.4, -0.2) is 34.0 Å². The summed E-state index contributed by atoms with van der Waals surface area (Å²) in [6.45, 7) is 2.38. The zero-order valence-electron chi connectivity index (χ0n) is 16.9. The monoisotopic (exact) mass is 414 g/mol. The normalized spacial score (nSPS) is 12.2. The molecule has 1 aromatic heterocycles. The number of rotatable bonds is 7. The Kier molecular flexibility index (Phi) is 6.05. The van der Waals surface area contributed by atoms with E-state index >= 15 is 0 Å². The van der Waals surface area contributed by atoms with Crippen LogP contribution in [0.1, 0.15) is 24.2 Å². The summed E-state index contributed by atoms with van der Waals surface area (Å²) in [5, 5.41) is 25.4. The maximum atomic E-state index is 12.5. The molecule has 156 valence electrons. The van der Waals surface area contributed by atoms with Crippen LogP contribution in [0.3, 0.4) is 0 Å². The van der Waals surface area contributed by atoms with Gasteiger partial charge in [-0.3, -0.25) is 9.89 Å². The Balaban J connectivity index is 1.58. The number of amides is 1. The third-order valence-corrected chi connectivity index (χ3v) is 4.76. The second-order valence-electron chi connectivity index (χ2n) is 6.91. The van der Waals surface area contributed by atoms with Crippen molar-refractivity contribution in [2.45, 2.75) is 13.0 Å². The fourth-order valence-electron chi connectivity index (χ4n) is 3.25. The molecule has 4 aromatic rings. The standard InChI is InChI=1S/C24H22N4O3/c1-2-31-25-15-16-11-12-21-20(13-16)22(28-27-21)18-9-6-10-19(14-18)26-24(30)23(29)17-7-4-3-5-8-17/h3-15,23,29H,2H2,1H3,(H,26,30)(H,27,28). The van der Waals surface area contributed by atoms with Crippen LogP contribution >= 0.6 is 0 Å². The van der Waals surface area contributed by atoms with E-state index in [9.17, 15) is 9.90 Å². The number of oxime groups is 1. The lowest BCUT2D eigenvalue weighted by atomic mass is 10.0. The van der Waals surface area contributed by atoms with Crippen LogP contribution in [0.25, 0.3) is 22.2 Å². The van der Waals surface area contributed by atoms with E-state index in [1.54, 1.807) is 36.5 Å². The predicted molar refractivity (Wildman–Crippen MR) is 121 cm³/mol. The van der Waals surface area contributed by atoms with Gasteiger partial charge in [0, 0.05) is 16.6 Å². The molecule has 0 radical (unpaired) electrons. The molecule has 4 rings (SSSR count). The van der Waals surface area contributed by atoms with Crippen molar-refractivity contribution in [2.75, 3.05) is 11.9 Å². The molecule has 7 nitrogen and oxygen atoms in total. The Morgan fingerprint density at radius 3 is 2.81 bits per heavy atom. The van der Waals surface area contributed by atoms with Crippen LogP contribution in [0.2, 0.25) is 0 Å². The highest BCUT2D eigenvalue weighted by Gasteiger charge is 2.17. The van der Waals surface area contributed by atoms with E-state index in [-0.39, 0.29) is 0 Å². The number of H-pyrrole nitrogens is 1. The van der Waals surface area contributed by atoms with Gasteiger partial charge in [-0.1, -0.05) is 53.7 Å². The molecular formula is C24H22N4O3. The molecule has 0 saturated carbocycles. The number of fused-ring (bicyclic) bond motifs is 1. The van der Waals surface area contributed by atoms with Gasteiger partial charge >= 0.3 is 0 Å². The molecule has 0 spiro atoms. The van der Waals surface area contributed by atoms with Crippen molar-refractivity contribution in [3.8, 4) is 11.3 Å². The van der Waals surface area contributed by atoms with Crippen molar-refractivity contribution in [3.05, 3.63) is 83.9 Å². The lowest BCUT2D eigenvalue weighted by Gasteiger charge is -2.12. The van der Waals surface area contributed by atoms with Crippen LogP contribution in [0.5, 0.6) is 0 Å². The SMILES string of the molecule is CCON=Cc1ccc2[nH]nc(-c3cccc(NC(=O)C(O)c4ccccc4)c3)c2c1. The van der Waals surface area contributed by atoms with Crippen molar-refractivity contribution < 1.29 is 14.7 Å². The zero-order valence-corrected chi connectivity index (χ0v) is 16.9. The van der Waals surface area contributed by atoms with E-state index in [2.05, 4.69) is 20.7 Å². The van der Waals surface area contributed by atoms with Gasteiger partial charge in [0.2, 0.25) is 0 Å². The van der Waals surface area contributed by atoms with Gasteiger partial charge in [-0.15, -0.1) is 0 Å². The summed E-state index contributed by atoms with van der Waals surface area (Å²) in [5.74, 6) is -0.496. The summed E-state index contributed by atoms with van der Waals surface area (Å²) in [6, 6.07) is 22.0. The number of carbonyl (C=O) groups excluding carboxylic acids is 1. The van der Waals surface area contributed by atoms with Gasteiger partial charge < -0.3 is 15.3 Å². The third kappa shape index (κ3) is 4.62. The predicted octanol–water partition coefficient (Wildman–Crippen LogP) is 4.27. The summed E-state index contributed by atoms with van der Waals surface area (Å²) >= 11 is 0. The fourth-order valence-corrected chi connectivity index (χ4v) is 3.25. The Bertz CT molecular complexity index is 1220. The van der Waals surface area contributed by atoms with Crippen molar-refractivity contribution in [3.63, 3.8) is 0 Å². The van der Waals surface area contributed by atoms with E-state index in [0.717, 1.165) is 27.7 Å². The molecule has 0 aliphatic heterocycles. The summed E-state index contributed by atoms with van der Waals surface area (Å²) in [7, 11) is 0. The molecule has 0 aliphatic carbocycles. The second-order valence-corrected chi connectivity index (χ2v) is 6.91. The van der Waals surface area contributed by atoms with E-state index in [0.29, 0.717) is 17.9 Å². The van der Waals surface area contributed by atoms with Gasteiger partial charge in [-0.2, -0.15) is 5.10 Å². The van der Waals surface area contributed by atoms with Crippen molar-refractivity contribution in [1.29, 1.82) is 0 Å². The number of nitrogens with zero attached hydrogens (tertiary/aromatic N) is 2. The molecule has 3 N–H and O–H groups in total. The molecule has 3 aromatic carbocycles. The number of aliphatic hydroxyl groups is 1. The quantitative estimate of drug-likeness (QED) is 0.311. The van der Waals surface area contributed by atoms with Crippen LogP contribution < -0.4 is 5.32 Å². The maximum absolute atomic E-state index is 12.5. The summed E-state index contributed by atoms with van der Waals surface area (Å²) in [5.41, 5.74) is 4.47. The number of anilines is 1. The van der Waals surface area contributed by atoms with Crippen LogP contribution in [0, 0.1) is 0 Å². The second kappa shape index (κ2) is 9.23. The lowest BCUT2D eigenvalue weighted by Crippen LogP contribution is -2.20. The molecule has 0 fully saturated rings. The van der Waals surface area contributed by atoms with Crippen molar-refractivity contribution >= 4 is 28.7 Å². The average molecular weight is 414 g/mol. The number of aliphatic hydroxyl groups excluding tert-OH is 1. The van der Waals surface area contributed by atoms with Crippen molar-refractivity contribution in [1.82, 2.24) is 10.2 Å². The Morgan fingerprint density at radius 1 is 1.16 bits per heavy atom.